The van der Waals surface area contributed by atoms with Crippen LogP contribution < -0.4 is 10.1 Å². The molecule has 0 saturated carbocycles. The summed E-state index contributed by atoms with van der Waals surface area (Å²) in [6.07, 6.45) is 1.64. The molecule has 30 heavy (non-hydrogen) atoms. The molecule has 1 atom stereocenters. The molecule has 1 heterocycles. The number of nitrogens with zero attached hydrogens (tertiary/aromatic N) is 2. The number of carbonyl (C=O) groups excluding carboxylic acids is 1. The second-order valence-electron chi connectivity index (χ2n) is 8.14. The molecular formula is C23H27N3O3S. The van der Waals surface area contributed by atoms with Crippen molar-refractivity contribution in [2.75, 3.05) is 6.26 Å². The van der Waals surface area contributed by atoms with Gasteiger partial charge in [-0.15, -0.1) is 0 Å². The Hall–Kier alpha value is -2.93. The van der Waals surface area contributed by atoms with Crippen LogP contribution in [-0.4, -0.2) is 26.2 Å². The maximum Gasteiger partial charge on any atom is 0.269 e. The Kier molecular flexibility index (Phi) is 6.41. The van der Waals surface area contributed by atoms with Crippen molar-refractivity contribution in [3.8, 4) is 11.5 Å². The minimum absolute atomic E-state index is 0.111. The highest BCUT2D eigenvalue weighted by Crippen LogP contribution is 2.23. The average molecular weight is 426 g/mol. The van der Waals surface area contributed by atoms with Crippen molar-refractivity contribution < 1.29 is 13.7 Å². The standard InChI is InChI=1S/C23H27N3O3S/c1-23(2,3)21-14-20(26(4)25-21)22(27)24-15-16-6-8-17(9-7-16)29-18-10-12-19(13-11-18)30(5)28/h6-14H,15H2,1-5H3,(H,24,27). The van der Waals surface area contributed by atoms with Crippen LogP contribution in [0.3, 0.4) is 0 Å². The van der Waals surface area contributed by atoms with E-state index in [0.717, 1.165) is 16.2 Å². The predicted molar refractivity (Wildman–Crippen MR) is 118 cm³/mol. The van der Waals surface area contributed by atoms with Gasteiger partial charge in [0.05, 0.1) is 5.69 Å². The molecule has 1 amide bonds. The molecule has 0 spiro atoms. The molecule has 0 fully saturated rings. The molecular weight excluding hydrogens is 398 g/mol. The van der Waals surface area contributed by atoms with Crippen LogP contribution in [0.1, 0.15) is 42.5 Å². The van der Waals surface area contributed by atoms with Crippen LogP contribution in [0.5, 0.6) is 11.5 Å². The van der Waals surface area contributed by atoms with Crippen LogP contribution in [0, 0.1) is 0 Å². The van der Waals surface area contributed by atoms with Gasteiger partial charge in [0.1, 0.15) is 17.2 Å². The predicted octanol–water partition coefficient (Wildman–Crippen LogP) is 4.18. The molecule has 0 aliphatic heterocycles. The van der Waals surface area contributed by atoms with Gasteiger partial charge in [0.2, 0.25) is 0 Å². The van der Waals surface area contributed by atoms with Crippen molar-refractivity contribution in [2.45, 2.75) is 37.6 Å². The quantitative estimate of drug-likeness (QED) is 0.643. The fourth-order valence-electron chi connectivity index (χ4n) is 2.83. The summed E-state index contributed by atoms with van der Waals surface area (Å²) in [6.45, 7) is 6.62. The maximum absolute atomic E-state index is 12.5. The molecule has 3 aromatic rings. The van der Waals surface area contributed by atoms with Gasteiger partial charge in [-0.1, -0.05) is 32.9 Å². The monoisotopic (exact) mass is 425 g/mol. The molecule has 0 aliphatic rings. The van der Waals surface area contributed by atoms with Gasteiger partial charge < -0.3 is 10.1 Å². The Morgan fingerprint density at radius 1 is 1.07 bits per heavy atom. The van der Waals surface area contributed by atoms with E-state index in [1.54, 1.807) is 42.3 Å². The maximum atomic E-state index is 12.5. The molecule has 0 aliphatic carbocycles. The van der Waals surface area contributed by atoms with Crippen LogP contribution in [0.4, 0.5) is 0 Å². The first-order valence-corrected chi connectivity index (χ1v) is 11.2. The Morgan fingerprint density at radius 3 is 2.13 bits per heavy atom. The highest BCUT2D eigenvalue weighted by atomic mass is 32.2. The van der Waals surface area contributed by atoms with E-state index in [4.69, 9.17) is 4.74 Å². The highest BCUT2D eigenvalue weighted by molar-refractivity contribution is 7.84. The number of carbonyl (C=O) groups is 1. The molecule has 0 radical (unpaired) electrons. The van der Waals surface area contributed by atoms with Crippen molar-refractivity contribution in [3.63, 3.8) is 0 Å². The van der Waals surface area contributed by atoms with Gasteiger partial charge in [0, 0.05) is 41.0 Å². The molecule has 6 nitrogen and oxygen atoms in total. The lowest BCUT2D eigenvalue weighted by Gasteiger charge is -2.13. The highest BCUT2D eigenvalue weighted by Gasteiger charge is 2.21. The Labute approximate surface area is 179 Å². The first kappa shape index (κ1) is 21.8. The van der Waals surface area contributed by atoms with E-state index < -0.39 is 10.8 Å². The zero-order valence-electron chi connectivity index (χ0n) is 17.9. The molecule has 0 bridgehead atoms. The van der Waals surface area contributed by atoms with Crippen molar-refractivity contribution in [2.24, 2.45) is 7.05 Å². The number of benzene rings is 2. The molecule has 3 rings (SSSR count). The van der Waals surface area contributed by atoms with Crippen LogP contribution in [-0.2, 0) is 29.8 Å². The Balaban J connectivity index is 1.59. The summed E-state index contributed by atoms with van der Waals surface area (Å²) in [5.74, 6) is 1.21. The second-order valence-corrected chi connectivity index (χ2v) is 9.52. The van der Waals surface area contributed by atoms with E-state index in [9.17, 15) is 9.00 Å². The number of hydrogen-bond donors (Lipinski definition) is 1. The summed E-state index contributed by atoms with van der Waals surface area (Å²) in [4.78, 5) is 13.3. The Bertz CT molecular complexity index is 1050. The van der Waals surface area contributed by atoms with Crippen molar-refractivity contribution in [1.29, 1.82) is 0 Å². The van der Waals surface area contributed by atoms with Crippen LogP contribution in [0.25, 0.3) is 0 Å². The first-order valence-electron chi connectivity index (χ1n) is 9.66. The van der Waals surface area contributed by atoms with Gasteiger partial charge in [-0.05, 0) is 48.0 Å². The number of hydrogen-bond acceptors (Lipinski definition) is 4. The fraction of sp³-hybridized carbons (Fsp3) is 0.304. The van der Waals surface area contributed by atoms with Crippen LogP contribution in [0.15, 0.2) is 59.5 Å². The lowest BCUT2D eigenvalue weighted by molar-refractivity contribution is 0.0941. The zero-order valence-corrected chi connectivity index (χ0v) is 18.7. The summed E-state index contributed by atoms with van der Waals surface area (Å²) in [5.41, 5.74) is 2.27. The number of nitrogens with one attached hydrogen (secondary N) is 1. The van der Waals surface area contributed by atoms with Gasteiger partial charge in [-0.2, -0.15) is 5.10 Å². The summed E-state index contributed by atoms with van der Waals surface area (Å²) < 4.78 is 18.9. The molecule has 158 valence electrons. The number of amides is 1. The van der Waals surface area contributed by atoms with E-state index in [-0.39, 0.29) is 11.3 Å². The Morgan fingerprint density at radius 2 is 1.63 bits per heavy atom. The summed E-state index contributed by atoms with van der Waals surface area (Å²) in [6, 6.07) is 16.5. The number of rotatable bonds is 6. The number of aromatic nitrogens is 2. The van der Waals surface area contributed by atoms with E-state index in [1.165, 1.54) is 0 Å². The van der Waals surface area contributed by atoms with Crippen LogP contribution >= 0.6 is 0 Å². The minimum atomic E-state index is -1.01. The van der Waals surface area contributed by atoms with E-state index >= 15 is 0 Å². The molecule has 7 heteroatoms. The summed E-state index contributed by atoms with van der Waals surface area (Å²) in [7, 11) is 0.771. The third-order valence-electron chi connectivity index (χ3n) is 4.65. The third kappa shape index (κ3) is 5.36. The fourth-order valence-corrected chi connectivity index (χ4v) is 3.35. The molecule has 1 aromatic heterocycles. The largest absolute Gasteiger partial charge is 0.457 e. The van der Waals surface area contributed by atoms with Gasteiger partial charge in [0.25, 0.3) is 5.91 Å². The lowest BCUT2D eigenvalue weighted by Crippen LogP contribution is -2.25. The number of aryl methyl sites for hydroxylation is 1. The second kappa shape index (κ2) is 8.83. The van der Waals surface area contributed by atoms with Gasteiger partial charge >= 0.3 is 0 Å². The SMILES string of the molecule is Cn1nc(C(C)(C)C)cc1C(=O)NCc1ccc(Oc2ccc(S(C)=O)cc2)cc1. The first-order chi connectivity index (χ1) is 14.1. The van der Waals surface area contributed by atoms with Crippen molar-refractivity contribution in [3.05, 3.63) is 71.5 Å². The van der Waals surface area contributed by atoms with E-state index in [2.05, 4.69) is 31.2 Å². The number of ether oxygens (including phenoxy) is 1. The van der Waals surface area contributed by atoms with Crippen molar-refractivity contribution >= 4 is 16.7 Å². The third-order valence-corrected chi connectivity index (χ3v) is 5.58. The lowest BCUT2D eigenvalue weighted by atomic mass is 9.92. The van der Waals surface area contributed by atoms with Gasteiger partial charge in [0.15, 0.2) is 0 Å². The normalized spacial score (nSPS) is 12.4. The van der Waals surface area contributed by atoms with Crippen molar-refractivity contribution in [1.82, 2.24) is 15.1 Å². The summed E-state index contributed by atoms with van der Waals surface area (Å²) >= 11 is 0. The average Bonchev–Trinajstić information content (AvgIpc) is 3.10. The molecule has 0 saturated heterocycles. The zero-order chi connectivity index (χ0) is 21.9. The smallest absolute Gasteiger partial charge is 0.269 e. The van der Waals surface area contributed by atoms with E-state index in [1.807, 2.05) is 30.3 Å². The van der Waals surface area contributed by atoms with E-state index in [0.29, 0.717) is 23.7 Å². The van der Waals surface area contributed by atoms with Gasteiger partial charge in [-0.3, -0.25) is 13.7 Å². The molecule has 1 unspecified atom stereocenters. The van der Waals surface area contributed by atoms with Crippen LogP contribution in [0.2, 0.25) is 0 Å². The summed E-state index contributed by atoms with van der Waals surface area (Å²) in [5, 5.41) is 7.38. The van der Waals surface area contributed by atoms with Gasteiger partial charge in [-0.25, -0.2) is 0 Å². The molecule has 2 aromatic carbocycles. The topological polar surface area (TPSA) is 73.2 Å². The minimum Gasteiger partial charge on any atom is -0.457 e. The molecule has 1 N–H and O–H groups in total.